The molecule has 0 unspecified atom stereocenters. The first kappa shape index (κ1) is 9.37. The molecular formula is C9H7Cl2N3. The lowest BCUT2D eigenvalue weighted by atomic mass is 10.1. The average molecular weight is 228 g/mol. The standard InChI is InChI=1S/C9H7Cl2N3/c10-5-1-2-6(7(11)3-5)8-9(12)14-4-13-8/h1-4H,12H2,(H,13,14). The minimum Gasteiger partial charge on any atom is -0.382 e. The summed E-state index contributed by atoms with van der Waals surface area (Å²) in [5.74, 6) is 0.425. The highest BCUT2D eigenvalue weighted by molar-refractivity contribution is 6.36. The van der Waals surface area contributed by atoms with E-state index in [0.29, 0.717) is 21.6 Å². The predicted octanol–water partition coefficient (Wildman–Crippen LogP) is 2.97. The van der Waals surface area contributed by atoms with Crippen molar-refractivity contribution < 1.29 is 0 Å². The lowest BCUT2D eigenvalue weighted by Crippen LogP contribution is -1.89. The molecule has 0 aliphatic carbocycles. The molecule has 0 fully saturated rings. The molecule has 1 aromatic carbocycles. The fraction of sp³-hybridized carbons (Fsp3) is 0. The van der Waals surface area contributed by atoms with E-state index in [0.717, 1.165) is 5.56 Å². The van der Waals surface area contributed by atoms with E-state index in [1.165, 1.54) is 6.33 Å². The quantitative estimate of drug-likeness (QED) is 0.788. The van der Waals surface area contributed by atoms with Gasteiger partial charge in [-0.1, -0.05) is 23.2 Å². The number of rotatable bonds is 1. The number of hydrogen-bond donors (Lipinski definition) is 2. The number of hydrogen-bond acceptors (Lipinski definition) is 2. The predicted molar refractivity (Wildman–Crippen MR) is 58.5 cm³/mol. The van der Waals surface area contributed by atoms with E-state index in [-0.39, 0.29) is 0 Å². The number of aromatic amines is 1. The van der Waals surface area contributed by atoms with Gasteiger partial charge in [0.05, 0.1) is 17.0 Å². The van der Waals surface area contributed by atoms with Crippen LogP contribution in [-0.4, -0.2) is 9.97 Å². The van der Waals surface area contributed by atoms with Crippen LogP contribution in [0, 0.1) is 0 Å². The Balaban J connectivity index is 2.58. The summed E-state index contributed by atoms with van der Waals surface area (Å²) in [6.45, 7) is 0. The summed E-state index contributed by atoms with van der Waals surface area (Å²) < 4.78 is 0. The summed E-state index contributed by atoms with van der Waals surface area (Å²) in [6, 6.07) is 5.22. The van der Waals surface area contributed by atoms with E-state index < -0.39 is 0 Å². The van der Waals surface area contributed by atoms with Crippen LogP contribution in [0.3, 0.4) is 0 Å². The maximum Gasteiger partial charge on any atom is 0.149 e. The zero-order valence-electron chi connectivity index (χ0n) is 7.09. The SMILES string of the molecule is Nc1nc[nH]c1-c1ccc(Cl)cc1Cl. The van der Waals surface area contributed by atoms with Crippen LogP contribution in [-0.2, 0) is 0 Å². The van der Waals surface area contributed by atoms with Gasteiger partial charge in [-0.25, -0.2) is 4.98 Å². The van der Waals surface area contributed by atoms with Gasteiger partial charge >= 0.3 is 0 Å². The number of imidazole rings is 1. The number of nitrogens with zero attached hydrogens (tertiary/aromatic N) is 1. The summed E-state index contributed by atoms with van der Waals surface area (Å²) in [7, 11) is 0. The number of benzene rings is 1. The second kappa shape index (κ2) is 3.52. The van der Waals surface area contributed by atoms with Crippen LogP contribution in [0.5, 0.6) is 0 Å². The molecule has 0 saturated carbocycles. The smallest absolute Gasteiger partial charge is 0.149 e. The molecule has 2 aromatic rings. The Morgan fingerprint density at radius 1 is 1.29 bits per heavy atom. The highest BCUT2D eigenvalue weighted by atomic mass is 35.5. The van der Waals surface area contributed by atoms with Gasteiger partial charge in [-0.3, -0.25) is 0 Å². The van der Waals surface area contributed by atoms with Gasteiger partial charge in [0.1, 0.15) is 5.82 Å². The number of nitrogen functional groups attached to an aromatic ring is 1. The van der Waals surface area contributed by atoms with Gasteiger partial charge in [0.2, 0.25) is 0 Å². The first-order valence-corrected chi connectivity index (χ1v) is 4.68. The van der Waals surface area contributed by atoms with Crippen molar-refractivity contribution in [1.82, 2.24) is 9.97 Å². The van der Waals surface area contributed by atoms with Crippen LogP contribution < -0.4 is 5.73 Å². The van der Waals surface area contributed by atoms with E-state index in [4.69, 9.17) is 28.9 Å². The first-order chi connectivity index (χ1) is 6.68. The fourth-order valence-corrected chi connectivity index (χ4v) is 1.72. The van der Waals surface area contributed by atoms with Gasteiger partial charge < -0.3 is 10.7 Å². The zero-order chi connectivity index (χ0) is 10.1. The van der Waals surface area contributed by atoms with Crippen molar-refractivity contribution in [1.29, 1.82) is 0 Å². The Bertz CT molecular complexity index is 465. The molecule has 5 heteroatoms. The van der Waals surface area contributed by atoms with Gasteiger partial charge in [0, 0.05) is 10.6 Å². The largest absolute Gasteiger partial charge is 0.382 e. The lowest BCUT2D eigenvalue weighted by Gasteiger charge is -2.02. The number of anilines is 1. The molecule has 3 N–H and O–H groups in total. The molecule has 0 spiro atoms. The van der Waals surface area contributed by atoms with Crippen molar-refractivity contribution in [2.75, 3.05) is 5.73 Å². The number of halogens is 2. The summed E-state index contributed by atoms with van der Waals surface area (Å²) >= 11 is 11.8. The van der Waals surface area contributed by atoms with Crippen LogP contribution >= 0.6 is 23.2 Å². The molecule has 0 atom stereocenters. The fourth-order valence-electron chi connectivity index (χ4n) is 1.21. The summed E-state index contributed by atoms with van der Waals surface area (Å²) in [5, 5.41) is 1.14. The molecule has 3 nitrogen and oxygen atoms in total. The topological polar surface area (TPSA) is 54.7 Å². The second-order valence-corrected chi connectivity index (χ2v) is 3.63. The number of aromatic nitrogens is 2. The van der Waals surface area contributed by atoms with Crippen molar-refractivity contribution in [2.24, 2.45) is 0 Å². The van der Waals surface area contributed by atoms with E-state index in [9.17, 15) is 0 Å². The normalized spacial score (nSPS) is 10.4. The highest BCUT2D eigenvalue weighted by Crippen LogP contribution is 2.31. The molecule has 0 saturated heterocycles. The molecule has 1 heterocycles. The van der Waals surface area contributed by atoms with Gasteiger partial charge in [0.25, 0.3) is 0 Å². The third-order valence-electron chi connectivity index (χ3n) is 1.87. The van der Waals surface area contributed by atoms with Crippen LogP contribution in [0.15, 0.2) is 24.5 Å². The van der Waals surface area contributed by atoms with Gasteiger partial charge in [0.15, 0.2) is 0 Å². The van der Waals surface area contributed by atoms with Gasteiger partial charge in [-0.2, -0.15) is 0 Å². The minimum absolute atomic E-state index is 0.425. The monoisotopic (exact) mass is 227 g/mol. The Morgan fingerprint density at radius 2 is 2.07 bits per heavy atom. The van der Waals surface area contributed by atoms with Crippen LogP contribution in [0.1, 0.15) is 0 Å². The van der Waals surface area contributed by atoms with E-state index in [1.807, 2.05) is 0 Å². The Labute approximate surface area is 90.9 Å². The molecule has 14 heavy (non-hydrogen) atoms. The zero-order valence-corrected chi connectivity index (χ0v) is 8.60. The summed E-state index contributed by atoms with van der Waals surface area (Å²) in [4.78, 5) is 6.81. The Kier molecular flexibility index (Phi) is 2.35. The molecule has 0 radical (unpaired) electrons. The highest BCUT2D eigenvalue weighted by Gasteiger charge is 2.08. The van der Waals surface area contributed by atoms with E-state index in [1.54, 1.807) is 18.2 Å². The maximum atomic E-state index is 6.01. The Morgan fingerprint density at radius 3 is 2.64 bits per heavy atom. The molecule has 0 aliphatic rings. The third-order valence-corrected chi connectivity index (χ3v) is 2.42. The number of H-pyrrole nitrogens is 1. The maximum absolute atomic E-state index is 6.01. The lowest BCUT2D eigenvalue weighted by molar-refractivity contribution is 1.32. The molecule has 0 amide bonds. The van der Waals surface area contributed by atoms with Crippen molar-refractivity contribution >= 4 is 29.0 Å². The van der Waals surface area contributed by atoms with E-state index >= 15 is 0 Å². The second-order valence-electron chi connectivity index (χ2n) is 2.79. The van der Waals surface area contributed by atoms with Crippen LogP contribution in [0.2, 0.25) is 10.0 Å². The minimum atomic E-state index is 0.425. The Hall–Kier alpha value is -1.19. The number of nitrogens with one attached hydrogen (secondary N) is 1. The molecule has 0 bridgehead atoms. The van der Waals surface area contributed by atoms with Crippen molar-refractivity contribution in [2.45, 2.75) is 0 Å². The summed E-state index contributed by atoms with van der Waals surface area (Å²) in [6.07, 6.45) is 1.52. The van der Waals surface area contributed by atoms with Crippen LogP contribution in [0.4, 0.5) is 5.82 Å². The van der Waals surface area contributed by atoms with E-state index in [2.05, 4.69) is 9.97 Å². The van der Waals surface area contributed by atoms with Crippen molar-refractivity contribution in [3.63, 3.8) is 0 Å². The molecule has 72 valence electrons. The molecule has 0 aliphatic heterocycles. The molecule has 2 rings (SSSR count). The summed E-state index contributed by atoms with van der Waals surface area (Å²) in [5.41, 5.74) is 7.16. The van der Waals surface area contributed by atoms with Crippen molar-refractivity contribution in [3.05, 3.63) is 34.6 Å². The molecular weight excluding hydrogens is 221 g/mol. The third kappa shape index (κ3) is 1.56. The van der Waals surface area contributed by atoms with Crippen LogP contribution in [0.25, 0.3) is 11.3 Å². The van der Waals surface area contributed by atoms with Gasteiger partial charge in [-0.05, 0) is 18.2 Å². The first-order valence-electron chi connectivity index (χ1n) is 3.93. The van der Waals surface area contributed by atoms with Gasteiger partial charge in [-0.15, -0.1) is 0 Å². The number of nitrogens with two attached hydrogens (primary N) is 1. The van der Waals surface area contributed by atoms with Crippen molar-refractivity contribution in [3.8, 4) is 11.3 Å². The molecule has 1 aromatic heterocycles. The average Bonchev–Trinajstić information content (AvgIpc) is 2.52.